The van der Waals surface area contributed by atoms with Crippen LogP contribution in [0.2, 0.25) is 0 Å². The van der Waals surface area contributed by atoms with Crippen molar-refractivity contribution in [1.29, 1.82) is 0 Å². The summed E-state index contributed by atoms with van der Waals surface area (Å²) in [5.74, 6) is 0. The summed E-state index contributed by atoms with van der Waals surface area (Å²) in [4.78, 5) is 0. The zero-order valence-electron chi connectivity index (χ0n) is 12.4. The Balaban J connectivity index is 1.89. The second kappa shape index (κ2) is 6.91. The molecule has 0 saturated carbocycles. The summed E-state index contributed by atoms with van der Waals surface area (Å²) in [5.41, 5.74) is 1.57. The first-order chi connectivity index (χ1) is 9.12. The lowest BCUT2D eigenvalue weighted by atomic mass is 9.79. The Morgan fingerprint density at radius 3 is 2.63 bits per heavy atom. The minimum Gasteiger partial charge on any atom is -0.406 e. The summed E-state index contributed by atoms with van der Waals surface area (Å²) < 4.78 is 13.1. The topological polar surface area (TPSA) is 18.5 Å². The molecule has 2 rings (SSSR count). The van der Waals surface area contributed by atoms with Gasteiger partial charge in [-0.2, -0.15) is 11.3 Å². The fourth-order valence-electron chi connectivity index (χ4n) is 2.35. The van der Waals surface area contributed by atoms with E-state index in [1.54, 1.807) is 11.3 Å². The predicted molar refractivity (Wildman–Crippen MR) is 83.2 cm³/mol. The number of aryl methyl sites for hydroxylation is 1. The van der Waals surface area contributed by atoms with Crippen LogP contribution in [0.5, 0.6) is 0 Å². The SMILES string of the molecule is CCCCCCc1ccsc1B1OCC(C)(C)CO1. The summed E-state index contributed by atoms with van der Waals surface area (Å²) in [6.07, 6.45) is 6.39. The van der Waals surface area contributed by atoms with Crippen LogP contribution in [0.15, 0.2) is 11.4 Å². The van der Waals surface area contributed by atoms with Gasteiger partial charge in [0, 0.05) is 23.4 Å². The van der Waals surface area contributed by atoms with Crippen molar-refractivity contribution in [2.75, 3.05) is 13.2 Å². The fourth-order valence-corrected chi connectivity index (χ4v) is 3.29. The number of thiophene rings is 1. The lowest BCUT2D eigenvalue weighted by molar-refractivity contribution is 0.0345. The zero-order chi connectivity index (χ0) is 13.7. The number of hydrogen-bond donors (Lipinski definition) is 0. The van der Waals surface area contributed by atoms with Crippen LogP contribution in [-0.4, -0.2) is 20.3 Å². The van der Waals surface area contributed by atoms with Gasteiger partial charge < -0.3 is 9.31 Å². The molecule has 0 radical (unpaired) electrons. The molecule has 2 heterocycles. The van der Waals surface area contributed by atoms with Crippen molar-refractivity contribution in [3.05, 3.63) is 17.0 Å². The van der Waals surface area contributed by atoms with Gasteiger partial charge in [0.2, 0.25) is 0 Å². The van der Waals surface area contributed by atoms with Crippen LogP contribution >= 0.6 is 11.3 Å². The monoisotopic (exact) mass is 280 g/mol. The smallest absolute Gasteiger partial charge is 0.406 e. The highest BCUT2D eigenvalue weighted by molar-refractivity contribution is 7.21. The summed E-state index contributed by atoms with van der Waals surface area (Å²) in [6.45, 7) is 8.18. The van der Waals surface area contributed by atoms with Crippen LogP contribution in [0.1, 0.15) is 52.0 Å². The maximum atomic E-state index is 5.89. The van der Waals surface area contributed by atoms with E-state index in [0.717, 1.165) is 19.6 Å². The van der Waals surface area contributed by atoms with Crippen molar-refractivity contribution in [1.82, 2.24) is 0 Å². The Labute approximate surface area is 121 Å². The first kappa shape index (κ1) is 15.1. The van der Waals surface area contributed by atoms with Gasteiger partial charge in [-0.15, -0.1) is 0 Å². The van der Waals surface area contributed by atoms with Gasteiger partial charge in [0.15, 0.2) is 0 Å². The van der Waals surface area contributed by atoms with Gasteiger partial charge in [-0.3, -0.25) is 0 Å². The van der Waals surface area contributed by atoms with E-state index in [4.69, 9.17) is 9.31 Å². The van der Waals surface area contributed by atoms with Gasteiger partial charge >= 0.3 is 7.12 Å². The second-order valence-corrected chi connectivity index (χ2v) is 7.19. The Kier molecular flexibility index (Phi) is 5.49. The predicted octanol–water partition coefficient (Wildman–Crippen LogP) is 3.64. The van der Waals surface area contributed by atoms with Crippen molar-refractivity contribution < 1.29 is 9.31 Å². The van der Waals surface area contributed by atoms with Gasteiger partial charge in [0.05, 0.1) is 0 Å². The van der Waals surface area contributed by atoms with E-state index in [9.17, 15) is 0 Å². The van der Waals surface area contributed by atoms with Crippen molar-refractivity contribution >= 4 is 23.2 Å². The first-order valence-corrected chi connectivity index (χ1v) is 8.30. The third-order valence-electron chi connectivity index (χ3n) is 3.55. The third-order valence-corrected chi connectivity index (χ3v) is 4.53. The number of unbranched alkanes of at least 4 members (excludes halogenated alkanes) is 3. The van der Waals surface area contributed by atoms with E-state index in [1.165, 1.54) is 36.0 Å². The van der Waals surface area contributed by atoms with Crippen LogP contribution in [0.3, 0.4) is 0 Å². The molecule has 1 aromatic heterocycles. The molecule has 1 saturated heterocycles. The molecule has 1 fully saturated rings. The fraction of sp³-hybridized carbons (Fsp3) is 0.733. The highest BCUT2D eigenvalue weighted by Gasteiger charge is 2.35. The van der Waals surface area contributed by atoms with Crippen molar-refractivity contribution in [3.63, 3.8) is 0 Å². The van der Waals surface area contributed by atoms with E-state index in [1.807, 2.05) is 0 Å². The minimum atomic E-state index is -0.130. The second-order valence-electron chi connectivity index (χ2n) is 6.24. The molecule has 19 heavy (non-hydrogen) atoms. The highest BCUT2D eigenvalue weighted by atomic mass is 32.1. The van der Waals surface area contributed by atoms with Gasteiger partial charge in [-0.1, -0.05) is 40.0 Å². The zero-order valence-corrected chi connectivity index (χ0v) is 13.2. The van der Waals surface area contributed by atoms with E-state index in [0.29, 0.717) is 0 Å². The maximum absolute atomic E-state index is 5.89. The third kappa shape index (κ3) is 4.33. The highest BCUT2D eigenvalue weighted by Crippen LogP contribution is 2.23. The Morgan fingerprint density at radius 1 is 1.21 bits per heavy atom. The lowest BCUT2D eigenvalue weighted by Gasteiger charge is -2.33. The Hall–Kier alpha value is -0.315. The average Bonchev–Trinajstić information content (AvgIpc) is 2.83. The van der Waals surface area contributed by atoms with Crippen molar-refractivity contribution in [3.8, 4) is 0 Å². The van der Waals surface area contributed by atoms with E-state index in [-0.39, 0.29) is 12.5 Å². The molecule has 0 N–H and O–H groups in total. The molecule has 0 aliphatic carbocycles. The molecule has 1 aromatic rings. The molecule has 4 heteroatoms. The molecule has 2 nitrogen and oxygen atoms in total. The summed E-state index contributed by atoms with van der Waals surface area (Å²) >= 11 is 1.77. The van der Waals surface area contributed by atoms with Crippen LogP contribution in [-0.2, 0) is 15.7 Å². The molecule has 0 bridgehead atoms. The van der Waals surface area contributed by atoms with Crippen LogP contribution in [0.4, 0.5) is 0 Å². The molecule has 1 aliphatic heterocycles. The molecule has 0 spiro atoms. The van der Waals surface area contributed by atoms with Crippen LogP contribution in [0, 0.1) is 5.41 Å². The van der Waals surface area contributed by atoms with E-state index >= 15 is 0 Å². The molecule has 106 valence electrons. The van der Waals surface area contributed by atoms with Crippen LogP contribution in [0.25, 0.3) is 0 Å². The van der Waals surface area contributed by atoms with Crippen molar-refractivity contribution in [2.24, 2.45) is 5.41 Å². The summed E-state index contributed by atoms with van der Waals surface area (Å²) in [7, 11) is -0.130. The average molecular weight is 280 g/mol. The van der Waals surface area contributed by atoms with Gasteiger partial charge in [0.1, 0.15) is 0 Å². The molecule has 0 unspecified atom stereocenters. The van der Waals surface area contributed by atoms with Gasteiger partial charge in [-0.25, -0.2) is 0 Å². The normalized spacial score (nSPS) is 18.8. The summed E-state index contributed by atoms with van der Waals surface area (Å²) in [6, 6.07) is 2.23. The van der Waals surface area contributed by atoms with Gasteiger partial charge in [-0.05, 0) is 29.9 Å². The minimum absolute atomic E-state index is 0.130. The molecule has 0 atom stereocenters. The maximum Gasteiger partial charge on any atom is 0.504 e. The van der Waals surface area contributed by atoms with E-state index < -0.39 is 0 Å². The molecule has 1 aliphatic rings. The van der Waals surface area contributed by atoms with Crippen LogP contribution < -0.4 is 4.78 Å². The first-order valence-electron chi connectivity index (χ1n) is 7.42. The molecule has 0 aromatic carbocycles. The Morgan fingerprint density at radius 2 is 1.95 bits per heavy atom. The lowest BCUT2D eigenvalue weighted by Crippen LogP contribution is -2.47. The Bertz CT molecular complexity index is 379. The number of hydrogen-bond acceptors (Lipinski definition) is 3. The molecule has 0 amide bonds. The summed E-state index contributed by atoms with van der Waals surface area (Å²) in [5, 5.41) is 2.16. The molecular formula is C15H25BO2S. The van der Waals surface area contributed by atoms with E-state index in [2.05, 4.69) is 32.2 Å². The van der Waals surface area contributed by atoms with Gasteiger partial charge in [0.25, 0.3) is 0 Å². The molecular weight excluding hydrogens is 255 g/mol. The quantitative estimate of drug-likeness (QED) is 0.585. The largest absolute Gasteiger partial charge is 0.504 e. The standard InChI is InChI=1S/C15H25BO2S/c1-4-5-6-7-8-13-9-10-19-14(13)16-17-11-15(2,3)12-18-16/h9-10H,4-8,11-12H2,1-3H3. The number of rotatable bonds is 6. The van der Waals surface area contributed by atoms with Crippen molar-refractivity contribution in [2.45, 2.75) is 52.9 Å².